The van der Waals surface area contributed by atoms with Gasteiger partial charge < -0.3 is 5.32 Å². The van der Waals surface area contributed by atoms with Crippen LogP contribution in [0.5, 0.6) is 0 Å². The lowest BCUT2D eigenvalue weighted by Crippen LogP contribution is -2.40. The fourth-order valence-corrected chi connectivity index (χ4v) is 3.32. The number of aryl methyl sites for hydroxylation is 1. The molecule has 0 saturated heterocycles. The van der Waals surface area contributed by atoms with Crippen molar-refractivity contribution in [2.24, 2.45) is 11.8 Å². The molecule has 0 aromatic carbocycles. The van der Waals surface area contributed by atoms with E-state index in [0.717, 1.165) is 11.6 Å². The molecule has 1 fully saturated rings. The van der Waals surface area contributed by atoms with Gasteiger partial charge in [-0.1, -0.05) is 26.7 Å². The summed E-state index contributed by atoms with van der Waals surface area (Å²) in [5.41, 5.74) is 2.30. The fourth-order valence-electron chi connectivity index (χ4n) is 3.32. The van der Waals surface area contributed by atoms with Crippen molar-refractivity contribution in [3.63, 3.8) is 0 Å². The summed E-state index contributed by atoms with van der Waals surface area (Å²) in [6.45, 7) is 8.73. The second-order valence-electron chi connectivity index (χ2n) is 6.37. The molecule has 1 heterocycles. The average Bonchev–Trinajstić information content (AvgIpc) is 2.42. The molecule has 1 saturated carbocycles. The highest BCUT2D eigenvalue weighted by Crippen LogP contribution is 2.30. The maximum absolute atomic E-state index is 11.2. The lowest BCUT2D eigenvalue weighted by atomic mass is 9.78. The molecule has 2 rings (SSSR count). The van der Waals surface area contributed by atoms with Crippen molar-refractivity contribution in [3.8, 4) is 0 Å². The van der Waals surface area contributed by atoms with E-state index in [0.29, 0.717) is 29.6 Å². The van der Waals surface area contributed by atoms with Crippen LogP contribution in [0.2, 0.25) is 0 Å². The zero-order valence-corrected chi connectivity index (χ0v) is 13.3. The summed E-state index contributed by atoms with van der Waals surface area (Å²) >= 11 is 0. The van der Waals surface area contributed by atoms with E-state index in [9.17, 15) is 10.1 Å². The Labute approximate surface area is 126 Å². The molecule has 0 aliphatic heterocycles. The van der Waals surface area contributed by atoms with E-state index in [2.05, 4.69) is 24.1 Å². The summed E-state index contributed by atoms with van der Waals surface area (Å²) in [7, 11) is 0. The van der Waals surface area contributed by atoms with Crippen molar-refractivity contribution in [1.29, 1.82) is 0 Å². The maximum atomic E-state index is 11.2. The third kappa shape index (κ3) is 3.40. The number of hydrogen-bond acceptors (Lipinski definition) is 4. The van der Waals surface area contributed by atoms with Crippen LogP contribution >= 0.6 is 0 Å². The Morgan fingerprint density at radius 3 is 2.76 bits per heavy atom. The first-order valence-electron chi connectivity index (χ1n) is 7.74. The van der Waals surface area contributed by atoms with Gasteiger partial charge in [-0.2, -0.15) is 0 Å². The van der Waals surface area contributed by atoms with Crippen LogP contribution in [0.15, 0.2) is 6.20 Å². The third-order valence-electron chi connectivity index (χ3n) is 5.00. The van der Waals surface area contributed by atoms with Crippen LogP contribution in [0.4, 0.5) is 5.69 Å². The summed E-state index contributed by atoms with van der Waals surface area (Å²) in [6.07, 6.45) is 5.34. The topological polar surface area (TPSA) is 68.1 Å². The van der Waals surface area contributed by atoms with Gasteiger partial charge in [0.25, 0.3) is 5.69 Å². The molecular weight excluding hydrogens is 266 g/mol. The van der Waals surface area contributed by atoms with Gasteiger partial charge in [-0.15, -0.1) is 0 Å². The molecule has 1 aromatic rings. The lowest BCUT2D eigenvalue weighted by molar-refractivity contribution is -0.386. The molecule has 1 aromatic heterocycles. The minimum atomic E-state index is -0.304. The molecule has 5 nitrogen and oxygen atoms in total. The van der Waals surface area contributed by atoms with Gasteiger partial charge in [-0.05, 0) is 32.1 Å². The Kier molecular flexibility index (Phi) is 4.93. The molecule has 0 bridgehead atoms. The molecule has 3 unspecified atom stereocenters. The largest absolute Gasteiger partial charge is 0.308 e. The zero-order valence-electron chi connectivity index (χ0n) is 13.3. The molecule has 1 N–H and O–H groups in total. The normalized spacial score (nSPS) is 25.8. The Hall–Kier alpha value is -1.49. The summed E-state index contributed by atoms with van der Waals surface area (Å²) in [5.74, 6) is 1.37. The second-order valence-corrected chi connectivity index (χ2v) is 6.37. The molecule has 5 heteroatoms. The van der Waals surface area contributed by atoms with Crippen molar-refractivity contribution in [2.45, 2.75) is 59.5 Å². The molecule has 21 heavy (non-hydrogen) atoms. The van der Waals surface area contributed by atoms with Gasteiger partial charge in [0.1, 0.15) is 0 Å². The first-order valence-corrected chi connectivity index (χ1v) is 7.74. The van der Waals surface area contributed by atoms with Gasteiger partial charge in [0.05, 0.1) is 10.6 Å². The Balaban J connectivity index is 2.10. The number of rotatable bonds is 4. The average molecular weight is 291 g/mol. The monoisotopic (exact) mass is 291 g/mol. The van der Waals surface area contributed by atoms with Crippen LogP contribution in [0, 0.1) is 35.8 Å². The fraction of sp³-hybridized carbons (Fsp3) is 0.688. The number of nitro groups is 1. The number of hydrogen-bond donors (Lipinski definition) is 1. The van der Waals surface area contributed by atoms with E-state index < -0.39 is 0 Å². The van der Waals surface area contributed by atoms with Crippen LogP contribution in [-0.2, 0) is 6.54 Å². The van der Waals surface area contributed by atoms with Crippen molar-refractivity contribution >= 4 is 5.69 Å². The molecule has 116 valence electrons. The quantitative estimate of drug-likeness (QED) is 0.680. The summed E-state index contributed by atoms with van der Waals surface area (Å²) < 4.78 is 0. The van der Waals surface area contributed by atoms with E-state index in [1.54, 1.807) is 20.0 Å². The molecule has 3 atom stereocenters. The van der Waals surface area contributed by atoms with Gasteiger partial charge in [0.2, 0.25) is 0 Å². The number of aromatic nitrogens is 1. The smallest absolute Gasteiger partial charge is 0.278 e. The number of nitrogens with zero attached hydrogens (tertiary/aromatic N) is 2. The predicted octanol–water partition coefficient (Wildman–Crippen LogP) is 3.52. The molecule has 0 amide bonds. The van der Waals surface area contributed by atoms with Crippen LogP contribution in [-0.4, -0.2) is 15.9 Å². The van der Waals surface area contributed by atoms with Gasteiger partial charge >= 0.3 is 0 Å². The van der Waals surface area contributed by atoms with Gasteiger partial charge in [0, 0.05) is 29.9 Å². The van der Waals surface area contributed by atoms with Crippen molar-refractivity contribution in [1.82, 2.24) is 10.3 Å². The Morgan fingerprint density at radius 1 is 1.38 bits per heavy atom. The second kappa shape index (κ2) is 6.52. The third-order valence-corrected chi connectivity index (χ3v) is 5.00. The Morgan fingerprint density at radius 2 is 2.10 bits per heavy atom. The van der Waals surface area contributed by atoms with Crippen LogP contribution in [0.25, 0.3) is 0 Å². The van der Waals surface area contributed by atoms with Gasteiger partial charge in [0.15, 0.2) is 0 Å². The van der Waals surface area contributed by atoms with E-state index >= 15 is 0 Å². The van der Waals surface area contributed by atoms with Crippen molar-refractivity contribution in [3.05, 3.63) is 33.1 Å². The molecule has 1 aliphatic rings. The van der Waals surface area contributed by atoms with E-state index in [1.165, 1.54) is 19.3 Å². The minimum absolute atomic E-state index is 0.201. The first kappa shape index (κ1) is 15.9. The Bertz CT molecular complexity index is 530. The summed E-state index contributed by atoms with van der Waals surface area (Å²) in [6, 6.07) is 0.482. The van der Waals surface area contributed by atoms with Crippen LogP contribution < -0.4 is 5.32 Å². The highest BCUT2D eigenvalue weighted by molar-refractivity contribution is 5.47. The molecule has 0 spiro atoms. The van der Waals surface area contributed by atoms with E-state index in [-0.39, 0.29) is 10.6 Å². The van der Waals surface area contributed by atoms with Gasteiger partial charge in [-0.3, -0.25) is 15.1 Å². The maximum Gasteiger partial charge on any atom is 0.278 e. The molecular formula is C16H25N3O2. The zero-order chi connectivity index (χ0) is 15.6. The highest BCUT2D eigenvalue weighted by atomic mass is 16.6. The van der Waals surface area contributed by atoms with Gasteiger partial charge in [-0.25, -0.2) is 0 Å². The van der Waals surface area contributed by atoms with Crippen molar-refractivity contribution < 1.29 is 4.92 Å². The van der Waals surface area contributed by atoms with E-state index in [1.807, 2.05) is 0 Å². The molecule has 0 radical (unpaired) electrons. The standard InChI is InChI=1S/C16H25N3O2/c1-10-6-5-7-14(12(10)3)18-9-15-13(4)16(19(20)21)11(2)8-17-15/h8,10,12,14,18H,5-7,9H2,1-4H3. The van der Waals surface area contributed by atoms with Crippen molar-refractivity contribution in [2.75, 3.05) is 0 Å². The highest BCUT2D eigenvalue weighted by Gasteiger charge is 2.27. The predicted molar refractivity (Wildman–Crippen MR) is 83.2 cm³/mol. The van der Waals surface area contributed by atoms with E-state index in [4.69, 9.17) is 0 Å². The molecule has 1 aliphatic carbocycles. The SMILES string of the molecule is Cc1cnc(CNC2CCCC(C)C2C)c(C)c1[N+](=O)[O-]. The number of pyridine rings is 1. The minimum Gasteiger partial charge on any atom is -0.308 e. The van der Waals surface area contributed by atoms with Crippen LogP contribution in [0.1, 0.15) is 49.9 Å². The first-order chi connectivity index (χ1) is 9.91. The number of nitrogens with one attached hydrogen (secondary N) is 1. The summed E-state index contributed by atoms with van der Waals surface area (Å²) in [4.78, 5) is 15.2. The summed E-state index contributed by atoms with van der Waals surface area (Å²) in [5, 5.41) is 14.7. The lowest BCUT2D eigenvalue weighted by Gasteiger charge is -2.34. The van der Waals surface area contributed by atoms with Crippen LogP contribution in [0.3, 0.4) is 0 Å².